The van der Waals surface area contributed by atoms with Crippen LogP contribution >= 0.6 is 0 Å². The summed E-state index contributed by atoms with van der Waals surface area (Å²) in [5.74, 6) is 2.48. The SMILES string of the molecule is O=C(CCc1ccc2c(c1)OCO2)Nc1ccc(N2CCCCC2)nc1. The molecule has 26 heavy (non-hydrogen) atoms. The number of fused-ring (bicyclic) bond motifs is 1. The first kappa shape index (κ1) is 16.7. The fourth-order valence-electron chi connectivity index (χ4n) is 3.35. The molecule has 0 atom stereocenters. The van der Waals surface area contributed by atoms with Crippen LogP contribution in [0.5, 0.6) is 11.5 Å². The van der Waals surface area contributed by atoms with Crippen molar-refractivity contribution in [1.29, 1.82) is 0 Å². The Kier molecular flexibility index (Phi) is 4.91. The predicted octanol–water partition coefficient (Wildman–Crippen LogP) is 3.37. The van der Waals surface area contributed by atoms with E-state index in [-0.39, 0.29) is 12.7 Å². The maximum atomic E-state index is 12.2. The Balaban J connectivity index is 1.29. The number of piperidine rings is 1. The highest BCUT2D eigenvalue weighted by molar-refractivity contribution is 5.90. The molecule has 1 aromatic carbocycles. The van der Waals surface area contributed by atoms with E-state index in [2.05, 4.69) is 15.2 Å². The van der Waals surface area contributed by atoms with Crippen molar-refractivity contribution in [1.82, 2.24) is 4.98 Å². The van der Waals surface area contributed by atoms with Crippen LogP contribution < -0.4 is 19.7 Å². The van der Waals surface area contributed by atoms with Crippen LogP contribution in [0.1, 0.15) is 31.2 Å². The zero-order valence-electron chi connectivity index (χ0n) is 14.7. The van der Waals surface area contributed by atoms with Crippen molar-refractivity contribution in [2.75, 3.05) is 30.1 Å². The Labute approximate surface area is 153 Å². The summed E-state index contributed by atoms with van der Waals surface area (Å²) < 4.78 is 10.7. The number of hydrogen-bond acceptors (Lipinski definition) is 5. The summed E-state index contributed by atoms with van der Waals surface area (Å²) in [6.07, 6.45) is 6.55. The van der Waals surface area contributed by atoms with Gasteiger partial charge < -0.3 is 19.7 Å². The Bertz CT molecular complexity index is 770. The third kappa shape index (κ3) is 3.90. The molecule has 0 spiro atoms. The number of pyridine rings is 1. The molecular formula is C20H23N3O3. The van der Waals surface area contributed by atoms with E-state index in [1.54, 1.807) is 6.20 Å². The Morgan fingerprint density at radius 1 is 1.08 bits per heavy atom. The molecule has 0 aliphatic carbocycles. The van der Waals surface area contributed by atoms with Gasteiger partial charge in [-0.2, -0.15) is 0 Å². The molecule has 1 saturated heterocycles. The van der Waals surface area contributed by atoms with Crippen LogP contribution in [-0.4, -0.2) is 30.8 Å². The number of carbonyl (C=O) groups is 1. The maximum Gasteiger partial charge on any atom is 0.231 e. The molecule has 2 aliphatic heterocycles. The number of aryl methyl sites for hydroxylation is 1. The van der Waals surface area contributed by atoms with Crippen molar-refractivity contribution in [2.45, 2.75) is 32.1 Å². The summed E-state index contributed by atoms with van der Waals surface area (Å²) in [6.45, 7) is 2.39. The number of aromatic nitrogens is 1. The average molecular weight is 353 g/mol. The highest BCUT2D eigenvalue weighted by Gasteiger charge is 2.14. The van der Waals surface area contributed by atoms with Gasteiger partial charge in [-0.15, -0.1) is 0 Å². The topological polar surface area (TPSA) is 63.7 Å². The summed E-state index contributed by atoms with van der Waals surface area (Å²) in [7, 11) is 0. The lowest BCUT2D eigenvalue weighted by atomic mass is 10.1. The molecule has 136 valence electrons. The van der Waals surface area contributed by atoms with Gasteiger partial charge in [0.05, 0.1) is 11.9 Å². The number of ether oxygens (including phenoxy) is 2. The van der Waals surface area contributed by atoms with Crippen LogP contribution in [0, 0.1) is 0 Å². The van der Waals surface area contributed by atoms with E-state index in [0.717, 1.165) is 41.7 Å². The van der Waals surface area contributed by atoms with Crippen LogP contribution in [-0.2, 0) is 11.2 Å². The molecular weight excluding hydrogens is 330 g/mol. The lowest BCUT2D eigenvalue weighted by Crippen LogP contribution is -2.30. The maximum absolute atomic E-state index is 12.2. The fraction of sp³-hybridized carbons (Fsp3) is 0.400. The first-order chi connectivity index (χ1) is 12.8. The number of hydrogen-bond donors (Lipinski definition) is 1. The molecule has 6 nitrogen and oxygen atoms in total. The Hall–Kier alpha value is -2.76. The number of anilines is 2. The lowest BCUT2D eigenvalue weighted by Gasteiger charge is -2.27. The third-order valence-electron chi connectivity index (χ3n) is 4.79. The molecule has 4 rings (SSSR count). The number of carbonyl (C=O) groups excluding carboxylic acids is 1. The summed E-state index contributed by atoms with van der Waals surface area (Å²) in [5, 5.41) is 2.92. The molecule has 2 aliphatic rings. The largest absolute Gasteiger partial charge is 0.454 e. The van der Waals surface area contributed by atoms with Crippen molar-refractivity contribution < 1.29 is 14.3 Å². The number of nitrogens with one attached hydrogen (secondary N) is 1. The number of rotatable bonds is 5. The van der Waals surface area contributed by atoms with Gasteiger partial charge in [-0.3, -0.25) is 4.79 Å². The monoisotopic (exact) mass is 353 g/mol. The van der Waals surface area contributed by atoms with Gasteiger partial charge in [0.2, 0.25) is 12.7 Å². The minimum atomic E-state index is -0.0183. The number of nitrogens with zero attached hydrogens (tertiary/aromatic N) is 2. The summed E-state index contributed by atoms with van der Waals surface area (Å²) >= 11 is 0. The minimum Gasteiger partial charge on any atom is -0.454 e. The second-order valence-corrected chi connectivity index (χ2v) is 6.69. The molecule has 1 aromatic heterocycles. The molecule has 0 unspecified atom stereocenters. The van der Waals surface area contributed by atoms with Gasteiger partial charge in [0.1, 0.15) is 5.82 Å². The molecule has 0 radical (unpaired) electrons. The van der Waals surface area contributed by atoms with Gasteiger partial charge in [0.25, 0.3) is 0 Å². The Morgan fingerprint density at radius 2 is 1.92 bits per heavy atom. The van der Waals surface area contributed by atoms with Crippen molar-refractivity contribution in [3.8, 4) is 11.5 Å². The van der Waals surface area contributed by atoms with E-state index in [4.69, 9.17) is 9.47 Å². The molecule has 1 amide bonds. The fourth-order valence-corrected chi connectivity index (χ4v) is 3.35. The van der Waals surface area contributed by atoms with Crippen LogP contribution in [0.4, 0.5) is 11.5 Å². The number of benzene rings is 1. The van der Waals surface area contributed by atoms with Crippen LogP contribution in [0.3, 0.4) is 0 Å². The molecule has 3 heterocycles. The van der Waals surface area contributed by atoms with E-state index in [1.165, 1.54) is 19.3 Å². The molecule has 0 saturated carbocycles. The summed E-state index contributed by atoms with van der Waals surface area (Å²) in [5.41, 5.74) is 1.80. The van der Waals surface area contributed by atoms with Gasteiger partial charge in [0.15, 0.2) is 11.5 Å². The minimum absolute atomic E-state index is 0.0183. The second-order valence-electron chi connectivity index (χ2n) is 6.69. The molecule has 1 fully saturated rings. The van der Waals surface area contributed by atoms with E-state index in [1.807, 2.05) is 30.3 Å². The zero-order chi connectivity index (χ0) is 17.8. The van der Waals surface area contributed by atoms with Crippen LogP contribution in [0.2, 0.25) is 0 Å². The quantitative estimate of drug-likeness (QED) is 0.893. The first-order valence-electron chi connectivity index (χ1n) is 9.17. The smallest absolute Gasteiger partial charge is 0.231 e. The number of amides is 1. The summed E-state index contributed by atoms with van der Waals surface area (Å²) in [4.78, 5) is 19.0. The van der Waals surface area contributed by atoms with Gasteiger partial charge in [-0.05, 0) is 55.5 Å². The van der Waals surface area contributed by atoms with Crippen LogP contribution in [0.15, 0.2) is 36.5 Å². The molecule has 6 heteroatoms. The highest BCUT2D eigenvalue weighted by atomic mass is 16.7. The van der Waals surface area contributed by atoms with Crippen molar-refractivity contribution in [3.05, 3.63) is 42.1 Å². The van der Waals surface area contributed by atoms with E-state index >= 15 is 0 Å². The zero-order valence-corrected chi connectivity index (χ0v) is 14.7. The van der Waals surface area contributed by atoms with Gasteiger partial charge in [0, 0.05) is 19.5 Å². The first-order valence-corrected chi connectivity index (χ1v) is 9.17. The second kappa shape index (κ2) is 7.64. The van der Waals surface area contributed by atoms with Gasteiger partial charge in [-0.25, -0.2) is 4.98 Å². The van der Waals surface area contributed by atoms with E-state index in [0.29, 0.717) is 12.8 Å². The molecule has 1 N–H and O–H groups in total. The van der Waals surface area contributed by atoms with Crippen LogP contribution in [0.25, 0.3) is 0 Å². The average Bonchev–Trinajstić information content (AvgIpc) is 3.15. The molecule has 2 aromatic rings. The lowest BCUT2D eigenvalue weighted by molar-refractivity contribution is -0.116. The van der Waals surface area contributed by atoms with Gasteiger partial charge >= 0.3 is 0 Å². The normalized spacial score (nSPS) is 15.8. The Morgan fingerprint density at radius 3 is 2.73 bits per heavy atom. The van der Waals surface area contributed by atoms with E-state index < -0.39 is 0 Å². The highest BCUT2D eigenvalue weighted by Crippen LogP contribution is 2.32. The third-order valence-corrected chi connectivity index (χ3v) is 4.79. The standard InChI is InChI=1S/C20H23N3O3/c24-20(9-5-15-4-7-17-18(12-15)26-14-25-17)22-16-6-8-19(21-13-16)23-10-2-1-3-11-23/h4,6-8,12-13H,1-3,5,9-11,14H2,(H,22,24). The van der Waals surface area contributed by atoms with Crippen molar-refractivity contribution >= 4 is 17.4 Å². The molecule has 0 bridgehead atoms. The predicted molar refractivity (Wildman–Crippen MR) is 99.8 cm³/mol. The van der Waals surface area contributed by atoms with Crippen molar-refractivity contribution in [3.63, 3.8) is 0 Å². The van der Waals surface area contributed by atoms with E-state index in [9.17, 15) is 4.79 Å². The van der Waals surface area contributed by atoms with Crippen molar-refractivity contribution in [2.24, 2.45) is 0 Å². The summed E-state index contributed by atoms with van der Waals surface area (Å²) in [6, 6.07) is 9.70. The van der Waals surface area contributed by atoms with Gasteiger partial charge in [-0.1, -0.05) is 6.07 Å².